The Morgan fingerprint density at radius 2 is 1.91 bits per heavy atom. The number of anilines is 2. The van der Waals surface area contributed by atoms with E-state index in [4.69, 9.17) is 0 Å². The van der Waals surface area contributed by atoms with Crippen LogP contribution >= 0.6 is 23.1 Å². The van der Waals surface area contributed by atoms with Crippen molar-refractivity contribution in [2.45, 2.75) is 37.1 Å². The molecule has 2 aromatic carbocycles. The molecule has 0 saturated heterocycles. The molecule has 5 rings (SSSR count). The molecule has 2 heterocycles. The van der Waals surface area contributed by atoms with Gasteiger partial charge in [0.2, 0.25) is 5.91 Å². The molecule has 0 saturated carbocycles. The molecule has 0 bridgehead atoms. The third-order valence-electron chi connectivity index (χ3n) is 5.90. The highest BCUT2D eigenvalue weighted by Gasteiger charge is 2.39. The van der Waals surface area contributed by atoms with Crippen LogP contribution in [0.1, 0.15) is 35.7 Å². The fourth-order valence-electron chi connectivity index (χ4n) is 4.37. The zero-order valence-electron chi connectivity index (χ0n) is 17.8. The third-order valence-corrected chi connectivity index (χ3v) is 7.82. The van der Waals surface area contributed by atoms with Gasteiger partial charge in [-0.25, -0.2) is 0 Å². The summed E-state index contributed by atoms with van der Waals surface area (Å²) in [6, 6.07) is 19.7. The highest BCUT2D eigenvalue weighted by Crippen LogP contribution is 2.46. The lowest BCUT2D eigenvalue weighted by Gasteiger charge is -2.33. The molecule has 162 valence electrons. The number of carbonyl (C=O) groups excluding carboxylic acids is 2. The molecule has 32 heavy (non-hydrogen) atoms. The van der Waals surface area contributed by atoms with Crippen LogP contribution < -0.4 is 10.2 Å². The van der Waals surface area contributed by atoms with Crippen LogP contribution in [0.2, 0.25) is 0 Å². The van der Waals surface area contributed by atoms with Gasteiger partial charge in [-0.3, -0.25) is 14.5 Å². The molecule has 1 aliphatic heterocycles. The quantitative estimate of drug-likeness (QED) is 0.461. The Bertz CT molecular complexity index is 1180. The summed E-state index contributed by atoms with van der Waals surface area (Å²) in [6.07, 6.45) is 2.18. The zero-order chi connectivity index (χ0) is 22.1. The van der Waals surface area contributed by atoms with Gasteiger partial charge < -0.3 is 5.32 Å². The number of aryl methyl sites for hydroxylation is 1. The van der Waals surface area contributed by atoms with E-state index in [0.717, 1.165) is 45.3 Å². The Balaban J connectivity index is 1.58. The molecule has 0 unspecified atom stereocenters. The number of carbonyl (C=O) groups is 2. The number of hydrogen-bond acceptors (Lipinski definition) is 5. The Morgan fingerprint density at radius 1 is 1.09 bits per heavy atom. The van der Waals surface area contributed by atoms with E-state index >= 15 is 0 Å². The fraction of sp³-hybridized carbons (Fsp3) is 0.231. The second-order valence-corrected chi connectivity index (χ2v) is 10.1. The number of benzene rings is 2. The number of amides is 1. The van der Waals surface area contributed by atoms with Gasteiger partial charge in [-0.05, 0) is 55.5 Å². The maximum atomic E-state index is 13.8. The molecular formula is C26H24N2O2S2. The summed E-state index contributed by atoms with van der Waals surface area (Å²) in [7, 11) is 0. The Labute approximate surface area is 196 Å². The Kier molecular flexibility index (Phi) is 5.89. The molecule has 1 amide bonds. The van der Waals surface area contributed by atoms with E-state index < -0.39 is 6.04 Å². The van der Waals surface area contributed by atoms with Crippen molar-refractivity contribution in [2.24, 2.45) is 0 Å². The monoisotopic (exact) mass is 460 g/mol. The van der Waals surface area contributed by atoms with Gasteiger partial charge in [0.25, 0.3) is 0 Å². The van der Waals surface area contributed by atoms with Crippen molar-refractivity contribution in [3.05, 3.63) is 87.8 Å². The zero-order valence-corrected chi connectivity index (χ0v) is 19.5. The minimum Gasteiger partial charge on any atom is -0.357 e. The van der Waals surface area contributed by atoms with Gasteiger partial charge >= 0.3 is 0 Å². The minimum absolute atomic E-state index is 0.00431. The van der Waals surface area contributed by atoms with Crippen molar-refractivity contribution in [3.8, 4) is 0 Å². The largest absolute Gasteiger partial charge is 0.357 e. The number of ketones is 1. The molecule has 2 aliphatic rings. The molecule has 6 heteroatoms. The number of thiophene rings is 1. The Hall–Kier alpha value is -2.83. The molecule has 1 atom stereocenters. The molecule has 0 radical (unpaired) electrons. The Morgan fingerprint density at radius 3 is 2.69 bits per heavy atom. The molecule has 1 N–H and O–H groups in total. The summed E-state index contributed by atoms with van der Waals surface area (Å²) >= 11 is 3.13. The first-order chi connectivity index (χ1) is 15.6. The van der Waals surface area contributed by atoms with Gasteiger partial charge in [0.05, 0.1) is 17.1 Å². The summed E-state index contributed by atoms with van der Waals surface area (Å²) in [5.41, 5.74) is 4.59. The lowest BCUT2D eigenvalue weighted by molar-refractivity contribution is -0.117. The standard InChI is InChI=1S/C26H24N2O2S2/c1-17-11-13-18(14-12-17)32-16-24(30)28-21-8-3-2-6-19(21)27-20-7-4-9-22(29)25(20)26(28)23-10-5-15-31-23/h2-3,5-6,8,10-15,26-27H,4,7,9,16H2,1H3/t26-/m1/s1. The predicted octanol–water partition coefficient (Wildman–Crippen LogP) is 6.36. The van der Waals surface area contributed by atoms with E-state index in [1.54, 1.807) is 11.3 Å². The van der Waals surface area contributed by atoms with Crippen molar-refractivity contribution in [1.29, 1.82) is 0 Å². The highest BCUT2D eigenvalue weighted by molar-refractivity contribution is 8.00. The summed E-state index contributed by atoms with van der Waals surface area (Å²) in [5, 5.41) is 5.52. The summed E-state index contributed by atoms with van der Waals surface area (Å²) in [5.74, 6) is 0.431. The summed E-state index contributed by atoms with van der Waals surface area (Å²) in [4.78, 5) is 30.9. The smallest absolute Gasteiger partial charge is 0.238 e. The van der Waals surface area contributed by atoms with Gasteiger partial charge in [0, 0.05) is 27.5 Å². The first-order valence-corrected chi connectivity index (χ1v) is 12.7. The van der Waals surface area contributed by atoms with Crippen LogP contribution in [-0.4, -0.2) is 17.4 Å². The van der Waals surface area contributed by atoms with Crippen molar-refractivity contribution < 1.29 is 9.59 Å². The lowest BCUT2D eigenvalue weighted by Crippen LogP contribution is -2.38. The first-order valence-electron chi connectivity index (χ1n) is 10.8. The first kappa shape index (κ1) is 21.0. The molecular weight excluding hydrogens is 436 g/mol. The molecule has 3 aromatic rings. The molecule has 4 nitrogen and oxygen atoms in total. The van der Waals surface area contributed by atoms with E-state index in [1.807, 2.05) is 58.8 Å². The second-order valence-electron chi connectivity index (χ2n) is 8.09. The maximum absolute atomic E-state index is 13.8. The lowest BCUT2D eigenvalue weighted by atomic mass is 9.88. The second kappa shape index (κ2) is 8.96. The van der Waals surface area contributed by atoms with E-state index in [-0.39, 0.29) is 11.7 Å². The van der Waals surface area contributed by atoms with Crippen LogP contribution in [0.3, 0.4) is 0 Å². The van der Waals surface area contributed by atoms with Crippen LogP contribution in [0.4, 0.5) is 11.4 Å². The number of hydrogen-bond donors (Lipinski definition) is 1. The van der Waals surface area contributed by atoms with Crippen LogP contribution in [-0.2, 0) is 9.59 Å². The third kappa shape index (κ3) is 4.00. The minimum atomic E-state index is -0.403. The van der Waals surface area contributed by atoms with Crippen molar-refractivity contribution in [2.75, 3.05) is 16.0 Å². The van der Waals surface area contributed by atoms with Gasteiger partial charge in [-0.15, -0.1) is 23.1 Å². The molecule has 0 spiro atoms. The van der Waals surface area contributed by atoms with Crippen LogP contribution in [0.15, 0.2) is 82.2 Å². The van der Waals surface area contributed by atoms with Crippen LogP contribution in [0.25, 0.3) is 0 Å². The van der Waals surface area contributed by atoms with Gasteiger partial charge in [-0.1, -0.05) is 35.9 Å². The number of rotatable bonds is 4. The average Bonchev–Trinajstić information content (AvgIpc) is 3.28. The van der Waals surface area contributed by atoms with Gasteiger partial charge in [0.15, 0.2) is 5.78 Å². The number of thioether (sulfide) groups is 1. The predicted molar refractivity (Wildman–Crippen MR) is 132 cm³/mol. The van der Waals surface area contributed by atoms with E-state index in [9.17, 15) is 9.59 Å². The van der Waals surface area contributed by atoms with Crippen molar-refractivity contribution >= 4 is 46.2 Å². The van der Waals surface area contributed by atoms with E-state index in [0.29, 0.717) is 12.2 Å². The molecule has 1 aromatic heterocycles. The number of para-hydroxylation sites is 2. The fourth-order valence-corrected chi connectivity index (χ4v) is 5.96. The highest BCUT2D eigenvalue weighted by atomic mass is 32.2. The SMILES string of the molecule is Cc1ccc(SCC(=O)N2c3ccccc3NC3=C(C(=O)CCC3)[C@H]2c2cccs2)cc1. The normalized spacial score (nSPS) is 18.0. The van der Waals surface area contributed by atoms with E-state index in [2.05, 4.69) is 24.4 Å². The number of allylic oxidation sites excluding steroid dienone is 1. The average molecular weight is 461 g/mol. The van der Waals surface area contributed by atoms with Crippen molar-refractivity contribution in [3.63, 3.8) is 0 Å². The van der Waals surface area contributed by atoms with Crippen LogP contribution in [0.5, 0.6) is 0 Å². The number of Topliss-reactive ketones (excluding diaryl/α,β-unsaturated/α-hetero) is 1. The summed E-state index contributed by atoms with van der Waals surface area (Å²) in [6.45, 7) is 2.05. The molecule has 0 fully saturated rings. The summed E-state index contributed by atoms with van der Waals surface area (Å²) < 4.78 is 0. The van der Waals surface area contributed by atoms with E-state index in [1.165, 1.54) is 17.3 Å². The number of fused-ring (bicyclic) bond motifs is 1. The van der Waals surface area contributed by atoms with Gasteiger partial charge in [-0.2, -0.15) is 0 Å². The van der Waals surface area contributed by atoms with Gasteiger partial charge in [0.1, 0.15) is 6.04 Å². The number of nitrogens with zero attached hydrogens (tertiary/aromatic N) is 1. The maximum Gasteiger partial charge on any atom is 0.238 e. The van der Waals surface area contributed by atoms with Crippen LogP contribution in [0, 0.1) is 6.92 Å². The topological polar surface area (TPSA) is 49.4 Å². The number of nitrogens with one attached hydrogen (secondary N) is 1. The van der Waals surface area contributed by atoms with Crippen molar-refractivity contribution in [1.82, 2.24) is 0 Å². The molecule has 1 aliphatic carbocycles.